The zero-order valence-corrected chi connectivity index (χ0v) is 24.9. The first-order valence-electron chi connectivity index (χ1n) is 14.8. The Hall–Kier alpha value is -4.39. The van der Waals surface area contributed by atoms with Crippen LogP contribution in [0.2, 0.25) is 5.02 Å². The lowest BCUT2D eigenvalue weighted by Crippen LogP contribution is -2.36. The van der Waals surface area contributed by atoms with Crippen LogP contribution in [0.3, 0.4) is 0 Å². The fourth-order valence-corrected chi connectivity index (χ4v) is 6.68. The normalized spacial score (nSPS) is 15.5. The van der Waals surface area contributed by atoms with Crippen LogP contribution in [-0.4, -0.2) is 59.4 Å². The average Bonchev–Trinajstić information content (AvgIpc) is 3.18. The Balaban J connectivity index is 1.22. The van der Waals surface area contributed by atoms with Gasteiger partial charge in [0.1, 0.15) is 5.69 Å². The number of para-hydroxylation sites is 1. The highest BCUT2D eigenvalue weighted by Crippen LogP contribution is 2.35. The Labute approximate surface area is 256 Å². The molecule has 4 aromatic carbocycles. The Morgan fingerprint density at radius 3 is 2.44 bits per heavy atom. The van der Waals surface area contributed by atoms with Crippen LogP contribution in [0.15, 0.2) is 97.1 Å². The average molecular weight is 589 g/mol. The minimum atomic E-state index is -0.167. The summed E-state index contributed by atoms with van der Waals surface area (Å²) in [6.45, 7) is 4.18. The molecule has 0 radical (unpaired) electrons. The second-order valence-corrected chi connectivity index (χ2v) is 11.9. The first-order valence-corrected chi connectivity index (χ1v) is 15.2. The van der Waals surface area contributed by atoms with E-state index >= 15 is 0 Å². The van der Waals surface area contributed by atoms with Crippen LogP contribution < -0.4 is 4.90 Å². The molecule has 216 valence electrons. The molecule has 2 aliphatic heterocycles. The summed E-state index contributed by atoms with van der Waals surface area (Å²) in [6.07, 6.45) is 0.959. The molecule has 0 bridgehead atoms. The van der Waals surface area contributed by atoms with E-state index in [-0.39, 0.29) is 11.8 Å². The van der Waals surface area contributed by atoms with Gasteiger partial charge in [-0.25, -0.2) is 0 Å². The van der Waals surface area contributed by atoms with Crippen LogP contribution >= 0.6 is 11.6 Å². The van der Waals surface area contributed by atoms with Crippen molar-refractivity contribution in [3.05, 3.63) is 125 Å². The lowest BCUT2D eigenvalue weighted by molar-refractivity contribution is 0.0752. The molecule has 6 nitrogen and oxygen atoms in total. The molecule has 1 aromatic heterocycles. The number of anilines is 1. The van der Waals surface area contributed by atoms with Crippen molar-refractivity contribution >= 4 is 39.9 Å². The van der Waals surface area contributed by atoms with Crippen LogP contribution in [0, 0.1) is 0 Å². The molecular weight excluding hydrogens is 556 g/mol. The molecule has 7 rings (SSSR count). The van der Waals surface area contributed by atoms with Gasteiger partial charge in [0.15, 0.2) is 0 Å². The van der Waals surface area contributed by atoms with E-state index < -0.39 is 0 Å². The van der Waals surface area contributed by atoms with Crippen LogP contribution in [0.4, 0.5) is 5.69 Å². The lowest BCUT2D eigenvalue weighted by atomic mass is 9.97. The van der Waals surface area contributed by atoms with Gasteiger partial charge in [-0.15, -0.1) is 0 Å². The first kappa shape index (κ1) is 27.4. The molecule has 1 saturated heterocycles. The lowest BCUT2D eigenvalue weighted by Gasteiger charge is -2.23. The molecule has 43 heavy (non-hydrogen) atoms. The second kappa shape index (κ2) is 11.4. The van der Waals surface area contributed by atoms with Crippen molar-refractivity contribution in [1.29, 1.82) is 0 Å². The van der Waals surface area contributed by atoms with Gasteiger partial charge in [-0.05, 0) is 77.8 Å². The summed E-state index contributed by atoms with van der Waals surface area (Å²) in [6, 6.07) is 32.0. The molecule has 2 aliphatic rings. The number of hydrogen-bond acceptors (Lipinski definition) is 3. The number of amides is 2. The zero-order chi connectivity index (χ0) is 29.5. The molecular formula is C36H33ClN4O2. The van der Waals surface area contributed by atoms with E-state index in [1.807, 2.05) is 77.7 Å². The van der Waals surface area contributed by atoms with E-state index in [0.29, 0.717) is 35.9 Å². The topological polar surface area (TPSA) is 48.8 Å². The number of fused-ring (bicyclic) bond motifs is 3. The van der Waals surface area contributed by atoms with Gasteiger partial charge in [0, 0.05) is 31.0 Å². The van der Waals surface area contributed by atoms with Crippen molar-refractivity contribution in [1.82, 2.24) is 14.4 Å². The van der Waals surface area contributed by atoms with E-state index in [4.69, 9.17) is 11.6 Å². The summed E-state index contributed by atoms with van der Waals surface area (Å²) < 4.78 is 2.08. The number of nitrogens with zero attached hydrogens (tertiary/aromatic N) is 4. The zero-order valence-electron chi connectivity index (χ0n) is 24.2. The van der Waals surface area contributed by atoms with Gasteiger partial charge in [-0.3, -0.25) is 9.59 Å². The molecule has 0 spiro atoms. The van der Waals surface area contributed by atoms with Gasteiger partial charge in [0.05, 0.1) is 23.7 Å². The monoisotopic (exact) mass is 588 g/mol. The number of carbonyl (C=O) groups excluding carboxylic acids is 2. The first-order chi connectivity index (χ1) is 21.0. The van der Waals surface area contributed by atoms with Crippen LogP contribution in [0.25, 0.3) is 21.9 Å². The maximum Gasteiger partial charge on any atom is 0.270 e. The maximum atomic E-state index is 14.2. The Kier molecular flexibility index (Phi) is 7.25. The van der Waals surface area contributed by atoms with E-state index in [2.05, 4.69) is 40.8 Å². The van der Waals surface area contributed by atoms with Crippen molar-refractivity contribution in [3.8, 4) is 11.1 Å². The molecule has 7 heteroatoms. The van der Waals surface area contributed by atoms with Crippen LogP contribution in [0.1, 0.15) is 38.5 Å². The Morgan fingerprint density at radius 1 is 0.744 bits per heavy atom. The summed E-state index contributed by atoms with van der Waals surface area (Å²) in [4.78, 5) is 34.0. The Bertz CT molecular complexity index is 1860. The number of rotatable bonds is 3. The molecule has 0 atom stereocenters. The highest BCUT2D eigenvalue weighted by atomic mass is 35.5. The van der Waals surface area contributed by atoms with Gasteiger partial charge in [-0.1, -0.05) is 78.3 Å². The third-order valence-electron chi connectivity index (χ3n) is 8.77. The predicted molar refractivity (Wildman–Crippen MR) is 173 cm³/mol. The molecule has 0 saturated carbocycles. The minimum absolute atomic E-state index is 0.0471. The fraction of sp³-hybridized carbons (Fsp3) is 0.222. The standard InChI is InChI=1S/C36H33ClN4O2/c1-38-18-7-19-39(21-20-38)36(43)34-17-15-28-24-41(33-13-5-3-9-27(33)23-40(28)34)35(42)31-16-14-26(22-32(31)37)30-12-6-10-25-8-2-4-11-29(25)30/h2-6,8-17,22H,7,18-21,23-24H2,1H3. The largest absolute Gasteiger partial charge is 0.336 e. The predicted octanol–water partition coefficient (Wildman–Crippen LogP) is 6.95. The summed E-state index contributed by atoms with van der Waals surface area (Å²) >= 11 is 6.86. The minimum Gasteiger partial charge on any atom is -0.336 e. The summed E-state index contributed by atoms with van der Waals surface area (Å²) in [5, 5.41) is 2.70. The summed E-state index contributed by atoms with van der Waals surface area (Å²) in [5.74, 6) is -0.120. The van der Waals surface area contributed by atoms with E-state index in [1.165, 1.54) is 0 Å². The number of benzene rings is 4. The third-order valence-corrected chi connectivity index (χ3v) is 9.09. The summed E-state index contributed by atoms with van der Waals surface area (Å²) in [5.41, 5.74) is 5.89. The van der Waals surface area contributed by atoms with E-state index in [1.54, 1.807) is 4.90 Å². The SMILES string of the molecule is CN1CCCN(C(=O)c2ccc3n2Cc2ccccc2N(C(=O)c2ccc(-c4cccc5ccccc45)cc2Cl)C3)CC1. The van der Waals surface area contributed by atoms with E-state index in [9.17, 15) is 9.59 Å². The Morgan fingerprint density at radius 2 is 1.56 bits per heavy atom. The van der Waals surface area contributed by atoms with Gasteiger partial charge in [0.25, 0.3) is 11.8 Å². The van der Waals surface area contributed by atoms with Gasteiger partial charge in [0.2, 0.25) is 0 Å². The van der Waals surface area contributed by atoms with Crippen molar-refractivity contribution in [3.63, 3.8) is 0 Å². The van der Waals surface area contributed by atoms with Crippen molar-refractivity contribution in [2.24, 2.45) is 0 Å². The molecule has 2 amide bonds. The van der Waals surface area contributed by atoms with Gasteiger partial charge >= 0.3 is 0 Å². The molecule has 0 N–H and O–H groups in total. The highest BCUT2D eigenvalue weighted by Gasteiger charge is 2.30. The molecule has 3 heterocycles. The number of likely N-dealkylation sites (N-methyl/N-ethyl adjacent to an activating group) is 1. The molecule has 1 fully saturated rings. The van der Waals surface area contributed by atoms with Crippen molar-refractivity contribution < 1.29 is 9.59 Å². The highest BCUT2D eigenvalue weighted by molar-refractivity contribution is 6.35. The van der Waals surface area contributed by atoms with Gasteiger partial charge < -0.3 is 19.3 Å². The smallest absolute Gasteiger partial charge is 0.270 e. The quantitative estimate of drug-likeness (QED) is 0.229. The number of hydrogen-bond donors (Lipinski definition) is 0. The number of aromatic nitrogens is 1. The summed E-state index contributed by atoms with van der Waals surface area (Å²) in [7, 11) is 2.10. The molecule has 0 unspecified atom stereocenters. The van der Waals surface area contributed by atoms with Crippen LogP contribution in [-0.2, 0) is 13.1 Å². The van der Waals surface area contributed by atoms with E-state index in [0.717, 1.165) is 64.9 Å². The van der Waals surface area contributed by atoms with Gasteiger partial charge in [-0.2, -0.15) is 0 Å². The van der Waals surface area contributed by atoms with Crippen LogP contribution in [0.5, 0.6) is 0 Å². The molecule has 5 aromatic rings. The fourth-order valence-electron chi connectivity index (χ4n) is 6.42. The molecule has 0 aliphatic carbocycles. The maximum absolute atomic E-state index is 14.2. The number of halogens is 1. The van der Waals surface area contributed by atoms with Crippen molar-refractivity contribution in [2.45, 2.75) is 19.5 Å². The third kappa shape index (κ3) is 5.11. The number of carbonyl (C=O) groups is 2. The van der Waals surface area contributed by atoms with Crippen molar-refractivity contribution in [2.75, 3.05) is 38.1 Å². The second-order valence-electron chi connectivity index (χ2n) is 11.5.